The van der Waals surface area contributed by atoms with Gasteiger partial charge in [0.15, 0.2) is 0 Å². The van der Waals surface area contributed by atoms with Gasteiger partial charge in [-0.25, -0.2) is 0 Å². The van der Waals surface area contributed by atoms with Crippen LogP contribution >= 0.6 is 13.9 Å². The van der Waals surface area contributed by atoms with Gasteiger partial charge in [0.2, 0.25) is 0 Å². The van der Waals surface area contributed by atoms with Gasteiger partial charge in [-0.05, 0) is 0 Å². The molecular formula is C22H19AsBrNO2. The Labute approximate surface area is 166 Å². The summed E-state index contributed by atoms with van der Waals surface area (Å²) in [5.41, 5.74) is 0. The van der Waals surface area contributed by atoms with Crippen molar-refractivity contribution in [1.82, 2.24) is 3.82 Å². The molecule has 5 heteroatoms. The van der Waals surface area contributed by atoms with E-state index in [-0.39, 0.29) is 24.7 Å². The van der Waals surface area contributed by atoms with Gasteiger partial charge < -0.3 is 0 Å². The summed E-state index contributed by atoms with van der Waals surface area (Å²) < 4.78 is 4.53. The molecule has 3 aromatic carbocycles. The van der Waals surface area contributed by atoms with Gasteiger partial charge in [-0.2, -0.15) is 0 Å². The molecule has 0 bridgehead atoms. The molecule has 0 saturated carbocycles. The first-order valence-electron chi connectivity index (χ1n) is 8.83. The minimum atomic E-state index is -4.45. The number of benzene rings is 3. The first kappa shape index (κ1) is 18.2. The molecule has 0 aliphatic carbocycles. The molecule has 2 amide bonds. The van der Waals surface area contributed by atoms with E-state index in [2.05, 4.69) is 13.9 Å². The molecule has 4 rings (SSSR count). The SMILES string of the molecule is O=C1CCC(=O)N1[As](Br)(c1ccccc1)(c1ccccc1)c1ccccc1. The molecule has 1 fully saturated rings. The first-order chi connectivity index (χ1) is 13.1. The number of halogens is 1. The molecule has 1 saturated heterocycles. The van der Waals surface area contributed by atoms with Crippen molar-refractivity contribution in [2.75, 3.05) is 0 Å². The van der Waals surface area contributed by atoms with Crippen molar-refractivity contribution in [1.29, 1.82) is 0 Å². The number of rotatable bonds is 4. The molecule has 0 spiro atoms. The number of hydrogen-bond donors (Lipinski definition) is 0. The third-order valence-corrected chi connectivity index (χ3v) is 23.4. The van der Waals surface area contributed by atoms with E-state index in [9.17, 15) is 9.59 Å². The second-order valence-corrected chi connectivity index (χ2v) is 21.9. The summed E-state index contributed by atoms with van der Waals surface area (Å²) >= 11 is 4.19. The average Bonchev–Trinajstić information content (AvgIpc) is 3.08. The summed E-state index contributed by atoms with van der Waals surface area (Å²) in [7, 11) is -4.45. The van der Waals surface area contributed by atoms with E-state index in [4.69, 9.17) is 0 Å². The fraction of sp³-hybridized carbons (Fsp3) is 0.0909. The maximum atomic E-state index is 13.1. The van der Waals surface area contributed by atoms with Crippen LogP contribution in [0.25, 0.3) is 0 Å². The summed E-state index contributed by atoms with van der Waals surface area (Å²) in [4.78, 5) is 26.2. The fourth-order valence-corrected chi connectivity index (χ4v) is 19.4. The molecule has 1 heterocycles. The predicted molar refractivity (Wildman–Crippen MR) is 114 cm³/mol. The Kier molecular flexibility index (Phi) is 4.57. The van der Waals surface area contributed by atoms with Crippen LogP contribution < -0.4 is 13.1 Å². The van der Waals surface area contributed by atoms with Crippen molar-refractivity contribution >= 4 is 49.6 Å². The van der Waals surface area contributed by atoms with Crippen molar-refractivity contribution < 1.29 is 9.59 Å². The van der Waals surface area contributed by atoms with Gasteiger partial charge >= 0.3 is 167 Å². The average molecular weight is 484 g/mol. The molecule has 136 valence electrons. The molecule has 27 heavy (non-hydrogen) atoms. The summed E-state index contributed by atoms with van der Waals surface area (Å²) in [6.07, 6.45) is 0.514. The second-order valence-electron chi connectivity index (χ2n) is 6.57. The quantitative estimate of drug-likeness (QED) is 0.422. The van der Waals surface area contributed by atoms with E-state index in [1.165, 1.54) is 0 Å². The number of nitrogens with zero attached hydrogens (tertiary/aromatic N) is 1. The van der Waals surface area contributed by atoms with Gasteiger partial charge in [0.05, 0.1) is 0 Å². The second kappa shape index (κ2) is 6.78. The van der Waals surface area contributed by atoms with E-state index < -0.39 is 10.8 Å². The van der Waals surface area contributed by atoms with Gasteiger partial charge in [-0.3, -0.25) is 0 Å². The summed E-state index contributed by atoms with van der Waals surface area (Å²) in [5, 5.41) is 0. The van der Waals surface area contributed by atoms with Crippen LogP contribution in [0.5, 0.6) is 0 Å². The zero-order valence-corrected chi connectivity index (χ0v) is 18.1. The van der Waals surface area contributed by atoms with E-state index in [1.807, 2.05) is 91.0 Å². The number of carbonyl (C=O) groups is 2. The van der Waals surface area contributed by atoms with Gasteiger partial charge in [0.1, 0.15) is 0 Å². The number of carbonyl (C=O) groups excluding carboxylic acids is 2. The molecule has 0 atom stereocenters. The van der Waals surface area contributed by atoms with E-state index in [0.717, 1.165) is 13.1 Å². The summed E-state index contributed by atoms with van der Waals surface area (Å²) in [6, 6.07) is 29.8. The Morgan fingerprint density at radius 2 is 0.889 bits per heavy atom. The van der Waals surface area contributed by atoms with Crippen molar-refractivity contribution in [3.63, 3.8) is 0 Å². The predicted octanol–water partition coefficient (Wildman–Crippen LogP) is 2.65. The van der Waals surface area contributed by atoms with Gasteiger partial charge in [-0.1, -0.05) is 0 Å². The van der Waals surface area contributed by atoms with Crippen molar-refractivity contribution in [3.8, 4) is 0 Å². The normalized spacial score (nSPS) is 16.2. The molecule has 1 aliphatic heterocycles. The van der Waals surface area contributed by atoms with Crippen LogP contribution in [-0.4, -0.2) is 26.4 Å². The first-order valence-corrected chi connectivity index (χ1v) is 16.9. The molecular weight excluding hydrogens is 465 g/mol. The van der Waals surface area contributed by atoms with Crippen LogP contribution in [0.3, 0.4) is 0 Å². The molecule has 3 aromatic rings. The Bertz CT molecular complexity index is 877. The molecule has 0 N–H and O–H groups in total. The fourth-order valence-electron chi connectivity index (χ4n) is 3.88. The third-order valence-electron chi connectivity index (χ3n) is 5.08. The number of amides is 2. The van der Waals surface area contributed by atoms with Crippen LogP contribution in [0.1, 0.15) is 12.8 Å². The maximum absolute atomic E-state index is 13.1. The molecule has 0 radical (unpaired) electrons. The van der Waals surface area contributed by atoms with Crippen molar-refractivity contribution in [3.05, 3.63) is 91.0 Å². The van der Waals surface area contributed by atoms with E-state index in [1.54, 1.807) is 3.82 Å². The van der Waals surface area contributed by atoms with Gasteiger partial charge in [0.25, 0.3) is 0 Å². The Morgan fingerprint density at radius 1 is 0.593 bits per heavy atom. The van der Waals surface area contributed by atoms with Crippen molar-refractivity contribution in [2.24, 2.45) is 0 Å². The topological polar surface area (TPSA) is 37.4 Å². The molecule has 0 aromatic heterocycles. The standard InChI is InChI=1S/C22H19AsBrNO2/c24-23(18-10-4-1-5-11-18,19-12-6-2-7-13-19,20-14-8-3-9-15-20)25-21(26)16-17-22(25)27/h1-15H,16-17H2. The zero-order valence-electron chi connectivity index (χ0n) is 14.7. The van der Waals surface area contributed by atoms with Crippen LogP contribution in [0.15, 0.2) is 91.0 Å². The third kappa shape index (κ3) is 2.54. The molecule has 0 unspecified atom stereocenters. The van der Waals surface area contributed by atoms with Crippen LogP contribution in [-0.2, 0) is 9.59 Å². The van der Waals surface area contributed by atoms with Crippen LogP contribution in [0, 0.1) is 0 Å². The van der Waals surface area contributed by atoms with E-state index in [0.29, 0.717) is 0 Å². The zero-order chi connectivity index (χ0) is 18.9. The molecule has 3 nitrogen and oxygen atoms in total. The monoisotopic (exact) mass is 483 g/mol. The van der Waals surface area contributed by atoms with Crippen LogP contribution in [0.4, 0.5) is 0 Å². The van der Waals surface area contributed by atoms with Gasteiger partial charge in [0, 0.05) is 0 Å². The Balaban J connectivity index is 2.20. The van der Waals surface area contributed by atoms with Crippen molar-refractivity contribution in [2.45, 2.75) is 12.8 Å². The Hall–Kier alpha value is -2.16. The summed E-state index contributed by atoms with van der Waals surface area (Å²) in [5.74, 6) is -0.223. The molecule has 1 aliphatic rings. The van der Waals surface area contributed by atoms with Gasteiger partial charge in [-0.15, -0.1) is 0 Å². The van der Waals surface area contributed by atoms with E-state index >= 15 is 0 Å². The summed E-state index contributed by atoms with van der Waals surface area (Å²) in [6.45, 7) is 0. The Morgan fingerprint density at radius 3 is 1.19 bits per heavy atom. The number of hydrogen-bond acceptors (Lipinski definition) is 2. The minimum absolute atomic E-state index is 0.112. The number of imide groups is 1. The van der Waals surface area contributed by atoms with Crippen LogP contribution in [0.2, 0.25) is 0 Å².